The van der Waals surface area contributed by atoms with Gasteiger partial charge in [-0.15, -0.1) is 10.2 Å². The summed E-state index contributed by atoms with van der Waals surface area (Å²) < 4.78 is 0. The largest absolute Gasteiger partial charge is 0.326 e. The zero-order valence-electron chi connectivity index (χ0n) is 9.05. The summed E-state index contributed by atoms with van der Waals surface area (Å²) in [5.41, 5.74) is 1.59. The molecule has 2 N–H and O–H groups in total. The number of H-pyrrole nitrogens is 1. The molecule has 1 aromatic carbocycles. The first-order chi connectivity index (χ1) is 8.33. The Kier molecular flexibility index (Phi) is 2.32. The van der Waals surface area contributed by atoms with Crippen LogP contribution in [0.4, 0.5) is 5.69 Å². The molecule has 0 bridgehead atoms. The fourth-order valence-corrected chi connectivity index (χ4v) is 1.61. The van der Waals surface area contributed by atoms with Gasteiger partial charge in [-0.05, 0) is 30.2 Å². The van der Waals surface area contributed by atoms with E-state index < -0.39 is 0 Å². The molecule has 0 aliphatic heterocycles. The standard InChI is InChI=1S/C11H11N5O/c17-11(7-4-5-7)12-9-3-1-2-8(6-9)10-13-15-16-14-10/h1-3,6-7H,4-5H2,(H,12,17)(H,13,14,15,16). The van der Waals surface area contributed by atoms with Crippen LogP contribution in [0.1, 0.15) is 12.8 Å². The van der Waals surface area contributed by atoms with E-state index in [0.717, 1.165) is 24.1 Å². The number of anilines is 1. The van der Waals surface area contributed by atoms with Crippen LogP contribution in [0.15, 0.2) is 24.3 Å². The number of hydrogen-bond acceptors (Lipinski definition) is 4. The van der Waals surface area contributed by atoms with Crippen LogP contribution in [0.2, 0.25) is 0 Å². The molecule has 0 radical (unpaired) electrons. The molecule has 1 amide bonds. The third-order valence-electron chi connectivity index (χ3n) is 2.68. The van der Waals surface area contributed by atoms with Crippen molar-refractivity contribution in [3.63, 3.8) is 0 Å². The van der Waals surface area contributed by atoms with Crippen LogP contribution in [0.3, 0.4) is 0 Å². The van der Waals surface area contributed by atoms with Crippen molar-refractivity contribution in [1.29, 1.82) is 0 Å². The normalized spacial score (nSPS) is 14.6. The lowest BCUT2D eigenvalue weighted by molar-refractivity contribution is -0.117. The minimum absolute atomic E-state index is 0.0928. The van der Waals surface area contributed by atoms with E-state index in [0.29, 0.717) is 5.82 Å². The molecule has 6 heteroatoms. The smallest absolute Gasteiger partial charge is 0.227 e. The molecule has 1 aliphatic rings. The summed E-state index contributed by atoms with van der Waals surface area (Å²) in [5, 5.41) is 16.6. The molecule has 0 atom stereocenters. The van der Waals surface area contributed by atoms with Gasteiger partial charge in [-0.2, -0.15) is 5.21 Å². The minimum Gasteiger partial charge on any atom is -0.326 e. The van der Waals surface area contributed by atoms with Crippen LogP contribution in [0.5, 0.6) is 0 Å². The Morgan fingerprint density at radius 1 is 1.41 bits per heavy atom. The molecule has 86 valence electrons. The predicted molar refractivity (Wildman–Crippen MR) is 61.0 cm³/mol. The lowest BCUT2D eigenvalue weighted by Gasteiger charge is -2.04. The third-order valence-corrected chi connectivity index (χ3v) is 2.68. The van der Waals surface area contributed by atoms with Crippen molar-refractivity contribution >= 4 is 11.6 Å². The second-order valence-corrected chi connectivity index (χ2v) is 4.08. The van der Waals surface area contributed by atoms with E-state index in [-0.39, 0.29) is 11.8 Å². The molecule has 6 nitrogen and oxygen atoms in total. The van der Waals surface area contributed by atoms with Gasteiger partial charge in [0.2, 0.25) is 11.7 Å². The van der Waals surface area contributed by atoms with Crippen molar-refractivity contribution in [2.24, 2.45) is 5.92 Å². The second-order valence-electron chi connectivity index (χ2n) is 4.08. The lowest BCUT2D eigenvalue weighted by atomic mass is 10.2. The molecule has 0 unspecified atom stereocenters. The Bertz CT molecular complexity index is 533. The van der Waals surface area contributed by atoms with E-state index in [2.05, 4.69) is 25.9 Å². The van der Waals surface area contributed by atoms with Gasteiger partial charge < -0.3 is 5.32 Å². The van der Waals surface area contributed by atoms with Crippen LogP contribution in [0, 0.1) is 5.92 Å². The number of nitrogens with zero attached hydrogens (tertiary/aromatic N) is 3. The third kappa shape index (κ3) is 2.15. The summed E-state index contributed by atoms with van der Waals surface area (Å²) in [6.45, 7) is 0. The predicted octanol–water partition coefficient (Wildman–Crippen LogP) is 1.22. The number of carbonyl (C=O) groups is 1. The van der Waals surface area contributed by atoms with Gasteiger partial charge in [0.25, 0.3) is 0 Å². The first-order valence-corrected chi connectivity index (χ1v) is 5.48. The van der Waals surface area contributed by atoms with Crippen molar-refractivity contribution in [2.45, 2.75) is 12.8 Å². The average Bonchev–Trinajstić information content (AvgIpc) is 3.05. The Balaban J connectivity index is 1.81. The molecule has 3 rings (SSSR count). The molecule has 0 saturated heterocycles. The molecular formula is C11H11N5O. The fraction of sp³-hybridized carbons (Fsp3) is 0.273. The van der Waals surface area contributed by atoms with Crippen molar-refractivity contribution in [3.8, 4) is 11.4 Å². The van der Waals surface area contributed by atoms with E-state index in [4.69, 9.17) is 0 Å². The van der Waals surface area contributed by atoms with Crippen molar-refractivity contribution in [1.82, 2.24) is 20.6 Å². The zero-order chi connectivity index (χ0) is 11.7. The number of benzene rings is 1. The summed E-state index contributed by atoms with van der Waals surface area (Å²) in [7, 11) is 0. The highest BCUT2D eigenvalue weighted by atomic mass is 16.2. The van der Waals surface area contributed by atoms with Crippen LogP contribution < -0.4 is 5.32 Å². The van der Waals surface area contributed by atoms with E-state index in [1.807, 2.05) is 24.3 Å². The molecule has 17 heavy (non-hydrogen) atoms. The van der Waals surface area contributed by atoms with E-state index in [1.54, 1.807) is 0 Å². The Labute approximate surface area is 97.4 Å². The van der Waals surface area contributed by atoms with E-state index in [1.165, 1.54) is 0 Å². The second kappa shape index (κ2) is 3.97. The Hall–Kier alpha value is -2.24. The number of tetrazole rings is 1. The number of nitrogens with one attached hydrogen (secondary N) is 2. The summed E-state index contributed by atoms with van der Waals surface area (Å²) >= 11 is 0. The molecular weight excluding hydrogens is 218 g/mol. The summed E-state index contributed by atoms with van der Waals surface area (Å²) in [6.07, 6.45) is 1.99. The van der Waals surface area contributed by atoms with E-state index in [9.17, 15) is 4.79 Å². The van der Waals surface area contributed by atoms with Crippen LogP contribution in [0.25, 0.3) is 11.4 Å². The van der Waals surface area contributed by atoms with Crippen molar-refractivity contribution < 1.29 is 4.79 Å². The zero-order valence-corrected chi connectivity index (χ0v) is 9.05. The molecule has 1 aliphatic carbocycles. The summed E-state index contributed by atoms with van der Waals surface area (Å²) in [4.78, 5) is 11.6. The summed E-state index contributed by atoms with van der Waals surface area (Å²) in [6, 6.07) is 7.42. The van der Waals surface area contributed by atoms with E-state index >= 15 is 0 Å². The van der Waals surface area contributed by atoms with Crippen molar-refractivity contribution in [3.05, 3.63) is 24.3 Å². The van der Waals surface area contributed by atoms with Gasteiger partial charge in [-0.25, -0.2) is 0 Å². The number of hydrogen-bond donors (Lipinski definition) is 2. The average molecular weight is 229 g/mol. The maximum Gasteiger partial charge on any atom is 0.227 e. The fourth-order valence-electron chi connectivity index (χ4n) is 1.61. The minimum atomic E-state index is 0.0928. The first-order valence-electron chi connectivity index (χ1n) is 5.48. The van der Waals surface area contributed by atoms with Gasteiger partial charge in [0.15, 0.2) is 0 Å². The van der Waals surface area contributed by atoms with Gasteiger partial charge in [-0.3, -0.25) is 4.79 Å². The molecule has 0 spiro atoms. The number of aromatic nitrogens is 4. The Morgan fingerprint density at radius 3 is 3.00 bits per heavy atom. The maximum atomic E-state index is 11.6. The molecule has 2 aromatic rings. The highest BCUT2D eigenvalue weighted by Crippen LogP contribution is 2.30. The molecule has 1 aromatic heterocycles. The highest BCUT2D eigenvalue weighted by Gasteiger charge is 2.29. The first kappa shape index (κ1) is 9.95. The topological polar surface area (TPSA) is 83.6 Å². The molecule has 1 fully saturated rings. The monoisotopic (exact) mass is 229 g/mol. The van der Waals surface area contributed by atoms with Gasteiger partial charge in [0.1, 0.15) is 0 Å². The van der Waals surface area contributed by atoms with Crippen LogP contribution in [-0.2, 0) is 4.79 Å². The maximum absolute atomic E-state index is 11.6. The lowest BCUT2D eigenvalue weighted by Crippen LogP contribution is -2.13. The van der Waals surface area contributed by atoms with Gasteiger partial charge >= 0.3 is 0 Å². The van der Waals surface area contributed by atoms with Crippen molar-refractivity contribution in [2.75, 3.05) is 5.32 Å². The van der Waals surface area contributed by atoms with Crippen LogP contribution >= 0.6 is 0 Å². The summed E-state index contributed by atoms with van der Waals surface area (Å²) in [5.74, 6) is 0.812. The quantitative estimate of drug-likeness (QED) is 0.828. The number of carbonyl (C=O) groups excluding carboxylic acids is 1. The Morgan fingerprint density at radius 2 is 2.29 bits per heavy atom. The molecule has 1 saturated carbocycles. The van der Waals surface area contributed by atoms with Gasteiger partial charge in [0.05, 0.1) is 0 Å². The van der Waals surface area contributed by atoms with Crippen LogP contribution in [-0.4, -0.2) is 26.5 Å². The van der Waals surface area contributed by atoms with Gasteiger partial charge in [0, 0.05) is 17.2 Å². The SMILES string of the molecule is O=C(Nc1cccc(-c2nn[nH]n2)c1)C1CC1. The molecule has 1 heterocycles. The number of aromatic amines is 1. The highest BCUT2D eigenvalue weighted by molar-refractivity contribution is 5.94. The number of amides is 1. The number of rotatable bonds is 3. The van der Waals surface area contributed by atoms with Gasteiger partial charge in [-0.1, -0.05) is 12.1 Å².